The predicted molar refractivity (Wildman–Crippen MR) is 91.8 cm³/mol. The summed E-state index contributed by atoms with van der Waals surface area (Å²) in [6, 6.07) is 5.31. The van der Waals surface area contributed by atoms with E-state index in [-0.39, 0.29) is 5.82 Å². The Labute approximate surface area is 144 Å². The Balaban J connectivity index is 2.52. The molecule has 0 aliphatic heterocycles. The number of nitrogens with one attached hydrogen (secondary N) is 1. The van der Waals surface area contributed by atoms with Crippen LogP contribution in [0.5, 0.6) is 0 Å². The molecule has 2 N–H and O–H groups in total. The second-order valence-electron chi connectivity index (χ2n) is 4.92. The summed E-state index contributed by atoms with van der Waals surface area (Å²) in [5, 5.41) is 13.4. The maximum Gasteiger partial charge on any atom is 0.374 e. The number of carboxylic acid groups (broad SMARTS) is 1. The Morgan fingerprint density at radius 1 is 1.26 bits per heavy atom. The molecule has 0 atom stereocenters. The first kappa shape index (κ1) is 17.5. The van der Waals surface area contributed by atoms with Gasteiger partial charge in [-0.15, -0.1) is 0 Å². The molecule has 7 heteroatoms. The summed E-state index contributed by atoms with van der Waals surface area (Å²) in [7, 11) is 0. The van der Waals surface area contributed by atoms with Crippen molar-refractivity contribution in [3.05, 3.63) is 50.9 Å². The number of carbonyl (C=O) groups is 1. The van der Waals surface area contributed by atoms with Crippen molar-refractivity contribution in [2.24, 2.45) is 0 Å². The highest BCUT2D eigenvalue weighted by atomic mass is 35.5. The molecule has 0 fully saturated rings. The number of hydrogen-bond acceptors (Lipinski definition) is 4. The molecule has 0 saturated carbocycles. The van der Waals surface area contributed by atoms with Gasteiger partial charge in [0.2, 0.25) is 5.82 Å². The van der Waals surface area contributed by atoms with Crippen molar-refractivity contribution in [2.45, 2.75) is 26.7 Å². The van der Waals surface area contributed by atoms with Crippen LogP contribution in [0, 0.1) is 0 Å². The number of benzene rings is 1. The summed E-state index contributed by atoms with van der Waals surface area (Å²) in [6.07, 6.45) is 1.10. The van der Waals surface area contributed by atoms with Gasteiger partial charge in [-0.25, -0.2) is 14.8 Å². The number of aryl methyl sites for hydroxylation is 1. The van der Waals surface area contributed by atoms with E-state index in [1.54, 1.807) is 12.1 Å². The normalized spacial score (nSPS) is 10.6. The quantitative estimate of drug-likeness (QED) is 0.818. The molecule has 0 spiro atoms. The zero-order valence-electron chi connectivity index (χ0n) is 12.9. The van der Waals surface area contributed by atoms with E-state index in [1.807, 2.05) is 19.9 Å². The number of aromatic nitrogens is 2. The average Bonchev–Trinajstić information content (AvgIpc) is 2.51. The molecule has 2 aromatic rings. The Hall–Kier alpha value is -1.85. The standard InChI is InChI=1S/C16H17Cl2N3O2/c1-3-13-11(7-9-5-6-10(17)8-12(9)18)14(19-4-2)21-15(20-13)16(22)23/h5-6,8H,3-4,7H2,1-2H3,(H,22,23)(H,19,20,21). The second kappa shape index (κ2) is 7.62. The Morgan fingerprint density at radius 2 is 2.00 bits per heavy atom. The van der Waals surface area contributed by atoms with Gasteiger partial charge in [0, 0.05) is 28.6 Å². The highest BCUT2D eigenvalue weighted by Gasteiger charge is 2.18. The van der Waals surface area contributed by atoms with Crippen molar-refractivity contribution < 1.29 is 9.90 Å². The molecule has 23 heavy (non-hydrogen) atoms. The molecule has 0 radical (unpaired) electrons. The van der Waals surface area contributed by atoms with Crippen LogP contribution in [0.2, 0.25) is 10.0 Å². The van der Waals surface area contributed by atoms with Crippen LogP contribution in [-0.2, 0) is 12.8 Å². The molecule has 1 heterocycles. The van der Waals surface area contributed by atoms with Gasteiger partial charge in [-0.1, -0.05) is 36.2 Å². The lowest BCUT2D eigenvalue weighted by atomic mass is 10.0. The molecule has 0 amide bonds. The number of hydrogen-bond donors (Lipinski definition) is 2. The van der Waals surface area contributed by atoms with E-state index in [0.717, 1.165) is 11.1 Å². The van der Waals surface area contributed by atoms with Crippen LogP contribution in [0.4, 0.5) is 5.82 Å². The molecule has 2 rings (SSSR count). The SMILES string of the molecule is CCNc1nc(C(=O)O)nc(CC)c1Cc1ccc(Cl)cc1Cl. The third kappa shape index (κ3) is 4.12. The van der Waals surface area contributed by atoms with Crippen molar-refractivity contribution in [1.29, 1.82) is 0 Å². The van der Waals surface area contributed by atoms with E-state index < -0.39 is 5.97 Å². The van der Waals surface area contributed by atoms with Crippen molar-refractivity contribution in [3.8, 4) is 0 Å². The third-order valence-electron chi connectivity index (χ3n) is 3.35. The minimum absolute atomic E-state index is 0.205. The number of halogens is 2. The first-order valence-electron chi connectivity index (χ1n) is 7.27. The predicted octanol–water partition coefficient (Wildman–Crippen LogP) is 4.07. The molecule has 0 aliphatic rings. The highest BCUT2D eigenvalue weighted by Crippen LogP contribution is 2.27. The van der Waals surface area contributed by atoms with Crippen molar-refractivity contribution in [1.82, 2.24) is 9.97 Å². The summed E-state index contributed by atoms with van der Waals surface area (Å²) in [5.41, 5.74) is 2.43. The molecular formula is C16H17Cl2N3O2. The monoisotopic (exact) mass is 353 g/mol. The molecule has 0 saturated heterocycles. The van der Waals surface area contributed by atoms with Crippen LogP contribution in [0.1, 0.15) is 41.3 Å². The van der Waals surface area contributed by atoms with Crippen LogP contribution in [0.25, 0.3) is 0 Å². The molecule has 5 nitrogen and oxygen atoms in total. The first-order valence-corrected chi connectivity index (χ1v) is 8.02. The number of rotatable bonds is 6. The fraction of sp³-hybridized carbons (Fsp3) is 0.312. The van der Waals surface area contributed by atoms with Gasteiger partial charge >= 0.3 is 5.97 Å². The highest BCUT2D eigenvalue weighted by molar-refractivity contribution is 6.35. The van der Waals surface area contributed by atoms with Gasteiger partial charge in [-0.2, -0.15) is 0 Å². The van der Waals surface area contributed by atoms with Crippen LogP contribution < -0.4 is 5.32 Å². The van der Waals surface area contributed by atoms with Gasteiger partial charge in [-0.3, -0.25) is 0 Å². The smallest absolute Gasteiger partial charge is 0.374 e. The van der Waals surface area contributed by atoms with E-state index in [9.17, 15) is 4.79 Å². The summed E-state index contributed by atoms with van der Waals surface area (Å²) in [6.45, 7) is 4.48. The molecule has 0 unspecified atom stereocenters. The lowest BCUT2D eigenvalue weighted by Gasteiger charge is -2.15. The van der Waals surface area contributed by atoms with E-state index in [2.05, 4.69) is 15.3 Å². The van der Waals surface area contributed by atoms with Gasteiger partial charge < -0.3 is 10.4 Å². The van der Waals surface area contributed by atoms with E-state index >= 15 is 0 Å². The Bertz CT molecular complexity index is 736. The molecule has 122 valence electrons. The van der Waals surface area contributed by atoms with E-state index in [0.29, 0.717) is 40.9 Å². The molecule has 1 aromatic carbocycles. The molecule has 1 aromatic heterocycles. The lowest BCUT2D eigenvalue weighted by molar-refractivity contribution is 0.0683. The number of carboxylic acids is 1. The van der Waals surface area contributed by atoms with E-state index in [1.165, 1.54) is 0 Å². The summed E-state index contributed by atoms with van der Waals surface area (Å²) in [4.78, 5) is 19.5. The van der Waals surface area contributed by atoms with Gasteiger partial charge in [0.15, 0.2) is 0 Å². The first-order chi connectivity index (χ1) is 11.0. The number of nitrogens with zero attached hydrogens (tertiary/aromatic N) is 2. The Morgan fingerprint density at radius 3 is 2.57 bits per heavy atom. The van der Waals surface area contributed by atoms with Crippen molar-refractivity contribution >= 4 is 35.0 Å². The van der Waals surface area contributed by atoms with Gasteiger partial charge in [0.05, 0.1) is 5.69 Å². The zero-order chi connectivity index (χ0) is 17.0. The fourth-order valence-corrected chi connectivity index (χ4v) is 2.75. The lowest BCUT2D eigenvalue weighted by Crippen LogP contribution is -2.14. The largest absolute Gasteiger partial charge is 0.475 e. The van der Waals surface area contributed by atoms with Crippen LogP contribution >= 0.6 is 23.2 Å². The number of aromatic carboxylic acids is 1. The van der Waals surface area contributed by atoms with Crippen LogP contribution in [-0.4, -0.2) is 27.6 Å². The fourth-order valence-electron chi connectivity index (χ4n) is 2.27. The summed E-state index contributed by atoms with van der Waals surface area (Å²) in [5.74, 6) is -0.818. The molecule has 0 bridgehead atoms. The number of anilines is 1. The molecular weight excluding hydrogens is 337 g/mol. The maximum absolute atomic E-state index is 11.2. The topological polar surface area (TPSA) is 75.1 Å². The zero-order valence-corrected chi connectivity index (χ0v) is 14.4. The summed E-state index contributed by atoms with van der Waals surface area (Å²) >= 11 is 12.2. The minimum Gasteiger partial charge on any atom is -0.475 e. The average molecular weight is 354 g/mol. The molecule has 0 aliphatic carbocycles. The van der Waals surface area contributed by atoms with Crippen molar-refractivity contribution in [2.75, 3.05) is 11.9 Å². The minimum atomic E-state index is -1.14. The third-order valence-corrected chi connectivity index (χ3v) is 3.93. The second-order valence-corrected chi connectivity index (χ2v) is 5.77. The Kier molecular flexibility index (Phi) is 5.80. The van der Waals surface area contributed by atoms with Crippen LogP contribution in [0.15, 0.2) is 18.2 Å². The van der Waals surface area contributed by atoms with Gasteiger partial charge in [-0.05, 0) is 31.0 Å². The van der Waals surface area contributed by atoms with Crippen molar-refractivity contribution in [3.63, 3.8) is 0 Å². The van der Waals surface area contributed by atoms with E-state index in [4.69, 9.17) is 28.3 Å². The van der Waals surface area contributed by atoms with Gasteiger partial charge in [0.1, 0.15) is 5.82 Å². The van der Waals surface area contributed by atoms with Gasteiger partial charge in [0.25, 0.3) is 0 Å². The van der Waals surface area contributed by atoms with Crippen LogP contribution in [0.3, 0.4) is 0 Å². The maximum atomic E-state index is 11.2. The summed E-state index contributed by atoms with van der Waals surface area (Å²) < 4.78 is 0.